The molecule has 1 atom stereocenters. The van der Waals surface area contributed by atoms with Crippen molar-refractivity contribution < 1.29 is 18.0 Å². The maximum atomic E-state index is 13.1. The highest BCUT2D eigenvalue weighted by Gasteiger charge is 2.33. The lowest BCUT2D eigenvalue weighted by Crippen LogP contribution is -2.43. The smallest absolute Gasteiger partial charge is 0.255 e. The van der Waals surface area contributed by atoms with E-state index in [1.165, 1.54) is 4.31 Å². The van der Waals surface area contributed by atoms with Crippen molar-refractivity contribution in [2.45, 2.75) is 43.9 Å². The lowest BCUT2D eigenvalue weighted by molar-refractivity contribution is -0.120. The Hall–Kier alpha value is -2.71. The molecule has 2 fully saturated rings. The quantitative estimate of drug-likeness (QED) is 0.724. The van der Waals surface area contributed by atoms with Gasteiger partial charge in [-0.15, -0.1) is 0 Å². The van der Waals surface area contributed by atoms with Gasteiger partial charge in [0.15, 0.2) is 0 Å². The number of likely N-dealkylation sites (tertiary alicyclic amines) is 1. The third-order valence-corrected chi connectivity index (χ3v) is 8.35. The van der Waals surface area contributed by atoms with Crippen LogP contribution in [0.25, 0.3) is 0 Å². The van der Waals surface area contributed by atoms with Crippen LogP contribution in [0.5, 0.6) is 0 Å². The SMILES string of the molecule is Cc1ccc(S(=O)(=O)N2CCC[C@@H](C(=O)Nc3ccccc3C(=O)N3CCCCC3)C2)cc1. The Morgan fingerprint density at radius 3 is 2.33 bits per heavy atom. The average molecular weight is 470 g/mol. The Morgan fingerprint density at radius 2 is 1.61 bits per heavy atom. The van der Waals surface area contributed by atoms with Gasteiger partial charge in [-0.1, -0.05) is 29.8 Å². The molecule has 33 heavy (non-hydrogen) atoms. The molecule has 176 valence electrons. The Labute approximate surface area is 195 Å². The van der Waals surface area contributed by atoms with Crippen molar-refractivity contribution in [2.75, 3.05) is 31.5 Å². The largest absolute Gasteiger partial charge is 0.339 e. The molecule has 2 aliphatic heterocycles. The summed E-state index contributed by atoms with van der Waals surface area (Å²) in [6.07, 6.45) is 4.33. The molecule has 0 radical (unpaired) electrons. The van der Waals surface area contributed by atoms with Crippen molar-refractivity contribution in [2.24, 2.45) is 5.92 Å². The number of amides is 2. The van der Waals surface area contributed by atoms with Gasteiger partial charge in [-0.25, -0.2) is 8.42 Å². The minimum atomic E-state index is -3.66. The average Bonchev–Trinajstić information content (AvgIpc) is 2.85. The van der Waals surface area contributed by atoms with E-state index in [9.17, 15) is 18.0 Å². The third kappa shape index (κ3) is 5.28. The fourth-order valence-corrected chi connectivity index (χ4v) is 6.04. The van der Waals surface area contributed by atoms with E-state index < -0.39 is 15.9 Å². The predicted molar refractivity (Wildman–Crippen MR) is 127 cm³/mol. The Bertz CT molecular complexity index is 1110. The van der Waals surface area contributed by atoms with Gasteiger partial charge in [0.05, 0.1) is 22.1 Å². The summed E-state index contributed by atoms with van der Waals surface area (Å²) in [4.78, 5) is 28.2. The summed E-state index contributed by atoms with van der Waals surface area (Å²) in [7, 11) is -3.66. The fourth-order valence-electron chi connectivity index (χ4n) is 4.51. The van der Waals surface area contributed by atoms with E-state index in [1.807, 2.05) is 11.8 Å². The van der Waals surface area contributed by atoms with Crippen molar-refractivity contribution in [3.05, 3.63) is 59.7 Å². The Balaban J connectivity index is 1.47. The summed E-state index contributed by atoms with van der Waals surface area (Å²) >= 11 is 0. The van der Waals surface area contributed by atoms with Crippen LogP contribution in [-0.2, 0) is 14.8 Å². The van der Waals surface area contributed by atoms with E-state index >= 15 is 0 Å². The molecule has 2 aliphatic rings. The number of hydrogen-bond donors (Lipinski definition) is 1. The monoisotopic (exact) mass is 469 g/mol. The van der Waals surface area contributed by atoms with Crippen LogP contribution < -0.4 is 5.32 Å². The van der Waals surface area contributed by atoms with Crippen LogP contribution in [0.15, 0.2) is 53.4 Å². The van der Waals surface area contributed by atoms with Crippen LogP contribution in [0.4, 0.5) is 5.69 Å². The second kappa shape index (κ2) is 10.1. The van der Waals surface area contributed by atoms with Gasteiger partial charge in [0.2, 0.25) is 15.9 Å². The Kier molecular flexibility index (Phi) is 7.14. The molecular weight excluding hydrogens is 438 g/mol. The first-order valence-electron chi connectivity index (χ1n) is 11.6. The van der Waals surface area contributed by atoms with E-state index in [1.54, 1.807) is 48.5 Å². The van der Waals surface area contributed by atoms with Gasteiger partial charge >= 0.3 is 0 Å². The minimum absolute atomic E-state index is 0.0715. The van der Waals surface area contributed by atoms with Crippen molar-refractivity contribution in [3.63, 3.8) is 0 Å². The number of para-hydroxylation sites is 1. The molecule has 0 bridgehead atoms. The number of benzene rings is 2. The molecule has 2 amide bonds. The lowest BCUT2D eigenvalue weighted by Gasteiger charge is -2.31. The van der Waals surface area contributed by atoms with E-state index in [0.717, 1.165) is 37.9 Å². The van der Waals surface area contributed by atoms with Gasteiger partial charge in [-0.3, -0.25) is 9.59 Å². The van der Waals surface area contributed by atoms with E-state index in [-0.39, 0.29) is 23.3 Å². The number of hydrogen-bond acceptors (Lipinski definition) is 4. The molecule has 2 saturated heterocycles. The van der Waals surface area contributed by atoms with Gasteiger partial charge in [0, 0.05) is 26.2 Å². The highest BCUT2D eigenvalue weighted by atomic mass is 32.2. The zero-order valence-electron chi connectivity index (χ0n) is 19.0. The number of aryl methyl sites for hydroxylation is 1. The van der Waals surface area contributed by atoms with E-state index in [0.29, 0.717) is 30.6 Å². The van der Waals surface area contributed by atoms with Crippen LogP contribution in [-0.4, -0.2) is 55.6 Å². The zero-order chi connectivity index (χ0) is 23.4. The lowest BCUT2D eigenvalue weighted by atomic mass is 9.98. The van der Waals surface area contributed by atoms with Gasteiger partial charge < -0.3 is 10.2 Å². The fraction of sp³-hybridized carbons (Fsp3) is 0.440. The zero-order valence-corrected chi connectivity index (χ0v) is 19.8. The molecule has 8 heteroatoms. The standard InChI is InChI=1S/C25H31N3O4S/c1-19-11-13-21(14-12-19)33(31,32)28-17-7-8-20(18-28)24(29)26-23-10-4-3-9-22(23)25(30)27-15-5-2-6-16-27/h3-4,9-14,20H,2,5-8,15-18H2,1H3,(H,26,29)/t20-/m1/s1. The van der Waals surface area contributed by atoms with Crippen LogP contribution in [0.3, 0.4) is 0 Å². The first-order chi connectivity index (χ1) is 15.9. The molecule has 4 rings (SSSR count). The molecule has 1 N–H and O–H groups in total. The number of rotatable bonds is 5. The van der Waals surface area contributed by atoms with Crippen molar-refractivity contribution in [1.29, 1.82) is 0 Å². The molecule has 2 aromatic carbocycles. The first kappa shape index (κ1) is 23.4. The maximum Gasteiger partial charge on any atom is 0.255 e. The van der Waals surface area contributed by atoms with Gasteiger partial charge in [-0.2, -0.15) is 4.31 Å². The number of nitrogens with zero attached hydrogens (tertiary/aromatic N) is 2. The molecule has 0 aromatic heterocycles. The van der Waals surface area contributed by atoms with Crippen molar-refractivity contribution >= 4 is 27.5 Å². The third-order valence-electron chi connectivity index (χ3n) is 6.47. The molecule has 2 heterocycles. The highest BCUT2D eigenvalue weighted by Crippen LogP contribution is 2.26. The van der Waals surface area contributed by atoms with E-state index in [2.05, 4.69) is 5.32 Å². The summed E-state index contributed by atoms with van der Waals surface area (Å²) in [6, 6.07) is 13.8. The predicted octanol–water partition coefficient (Wildman–Crippen LogP) is 3.66. The summed E-state index contributed by atoms with van der Waals surface area (Å²) in [5, 5.41) is 2.91. The maximum absolute atomic E-state index is 13.1. The van der Waals surface area contributed by atoms with Gasteiger partial charge in [0.25, 0.3) is 5.91 Å². The first-order valence-corrected chi connectivity index (χ1v) is 13.1. The van der Waals surface area contributed by atoms with Crippen LogP contribution in [0.1, 0.15) is 48.0 Å². The molecule has 0 spiro atoms. The number of piperidine rings is 2. The van der Waals surface area contributed by atoms with E-state index in [4.69, 9.17) is 0 Å². The molecule has 0 unspecified atom stereocenters. The second-order valence-corrected chi connectivity index (χ2v) is 10.8. The second-order valence-electron chi connectivity index (χ2n) is 8.90. The molecule has 0 aliphatic carbocycles. The van der Waals surface area contributed by atoms with Crippen LogP contribution in [0.2, 0.25) is 0 Å². The minimum Gasteiger partial charge on any atom is -0.339 e. The molecule has 2 aromatic rings. The number of anilines is 1. The molecule has 7 nitrogen and oxygen atoms in total. The summed E-state index contributed by atoms with van der Waals surface area (Å²) in [6.45, 7) is 3.89. The molecular formula is C25H31N3O4S. The Morgan fingerprint density at radius 1 is 0.909 bits per heavy atom. The molecule has 0 saturated carbocycles. The van der Waals surface area contributed by atoms with Crippen molar-refractivity contribution in [3.8, 4) is 0 Å². The number of sulfonamides is 1. The summed E-state index contributed by atoms with van der Waals surface area (Å²) in [5.41, 5.74) is 1.95. The highest BCUT2D eigenvalue weighted by molar-refractivity contribution is 7.89. The topological polar surface area (TPSA) is 86.8 Å². The van der Waals surface area contributed by atoms with Crippen LogP contribution in [0, 0.1) is 12.8 Å². The van der Waals surface area contributed by atoms with Crippen LogP contribution >= 0.6 is 0 Å². The number of nitrogens with one attached hydrogen (secondary N) is 1. The van der Waals surface area contributed by atoms with Crippen molar-refractivity contribution in [1.82, 2.24) is 9.21 Å². The summed E-state index contributed by atoms with van der Waals surface area (Å²) in [5.74, 6) is -0.798. The summed E-state index contributed by atoms with van der Waals surface area (Å²) < 4.78 is 27.6. The normalized spacial score (nSPS) is 19.8. The number of carbonyl (C=O) groups excluding carboxylic acids is 2. The van der Waals surface area contributed by atoms with Gasteiger partial charge in [-0.05, 0) is 63.3 Å². The van der Waals surface area contributed by atoms with Gasteiger partial charge in [0.1, 0.15) is 0 Å². The number of carbonyl (C=O) groups is 2.